The van der Waals surface area contributed by atoms with Gasteiger partial charge in [-0.05, 0) is 60.7 Å². The van der Waals surface area contributed by atoms with Gasteiger partial charge in [0.2, 0.25) is 0 Å². The van der Waals surface area contributed by atoms with Crippen molar-refractivity contribution in [3.8, 4) is 5.75 Å². The number of aromatic hydroxyl groups is 1. The number of nitrogens with two attached hydrogens (primary N) is 1. The van der Waals surface area contributed by atoms with Crippen molar-refractivity contribution < 1.29 is 5.11 Å². The highest BCUT2D eigenvalue weighted by molar-refractivity contribution is 5.50. The third kappa shape index (κ3) is 2.93. The van der Waals surface area contributed by atoms with E-state index < -0.39 is 0 Å². The second-order valence-electron chi connectivity index (χ2n) is 5.67. The average Bonchev–Trinajstić information content (AvgIpc) is 2.35. The molecular weight excluding hydrogens is 248 g/mol. The molecule has 1 aromatic heterocycles. The zero-order chi connectivity index (χ0) is 14.9. The molecule has 0 spiro atoms. The van der Waals surface area contributed by atoms with Gasteiger partial charge < -0.3 is 10.8 Å². The Balaban J connectivity index is 2.38. The standard InChI is InChI=1S/C17H22N2O/c1-10(2)17-16(20)6-5-14(19-17)9-15-11(3)7-13(18)8-12(15)4/h5-8,10,20H,9,18H2,1-4H3. The van der Waals surface area contributed by atoms with Crippen LogP contribution in [0.5, 0.6) is 5.75 Å². The van der Waals surface area contributed by atoms with E-state index in [0.717, 1.165) is 23.5 Å². The number of nitrogens with zero attached hydrogens (tertiary/aromatic N) is 1. The van der Waals surface area contributed by atoms with E-state index in [-0.39, 0.29) is 11.7 Å². The first-order valence-corrected chi connectivity index (χ1v) is 6.93. The van der Waals surface area contributed by atoms with Gasteiger partial charge in [-0.25, -0.2) is 0 Å². The average molecular weight is 270 g/mol. The minimum atomic E-state index is 0.212. The summed E-state index contributed by atoms with van der Waals surface area (Å²) >= 11 is 0. The molecule has 0 aliphatic heterocycles. The van der Waals surface area contributed by atoms with E-state index >= 15 is 0 Å². The summed E-state index contributed by atoms with van der Waals surface area (Å²) in [7, 11) is 0. The van der Waals surface area contributed by atoms with Gasteiger partial charge in [-0.15, -0.1) is 0 Å². The lowest BCUT2D eigenvalue weighted by molar-refractivity contribution is 0.459. The van der Waals surface area contributed by atoms with Gasteiger partial charge in [-0.1, -0.05) is 13.8 Å². The molecule has 3 heteroatoms. The number of nitrogen functional groups attached to an aromatic ring is 1. The first-order chi connectivity index (χ1) is 9.38. The number of hydrogen-bond acceptors (Lipinski definition) is 3. The molecule has 0 amide bonds. The van der Waals surface area contributed by atoms with Crippen LogP contribution in [0.1, 0.15) is 47.8 Å². The highest BCUT2D eigenvalue weighted by Gasteiger charge is 2.11. The van der Waals surface area contributed by atoms with Crippen LogP contribution in [0.4, 0.5) is 5.69 Å². The number of anilines is 1. The summed E-state index contributed by atoms with van der Waals surface area (Å²) in [6.45, 7) is 8.21. The number of benzene rings is 1. The van der Waals surface area contributed by atoms with Gasteiger partial charge in [-0.2, -0.15) is 0 Å². The molecule has 0 aliphatic rings. The molecule has 0 unspecified atom stereocenters. The topological polar surface area (TPSA) is 59.1 Å². The third-order valence-corrected chi connectivity index (χ3v) is 3.58. The summed E-state index contributed by atoms with van der Waals surface area (Å²) in [5.74, 6) is 0.484. The maximum atomic E-state index is 9.84. The van der Waals surface area contributed by atoms with Crippen LogP contribution in [-0.2, 0) is 6.42 Å². The normalized spacial score (nSPS) is 11.1. The minimum absolute atomic E-state index is 0.212. The van der Waals surface area contributed by atoms with E-state index in [1.807, 2.05) is 32.0 Å². The van der Waals surface area contributed by atoms with Gasteiger partial charge in [-0.3, -0.25) is 4.98 Å². The molecule has 20 heavy (non-hydrogen) atoms. The van der Waals surface area contributed by atoms with E-state index in [4.69, 9.17) is 5.73 Å². The van der Waals surface area contributed by atoms with Crippen LogP contribution in [0, 0.1) is 13.8 Å². The second kappa shape index (κ2) is 5.53. The monoisotopic (exact) mass is 270 g/mol. The van der Waals surface area contributed by atoms with Crippen molar-refractivity contribution in [2.24, 2.45) is 0 Å². The molecule has 0 aliphatic carbocycles. The number of rotatable bonds is 3. The largest absolute Gasteiger partial charge is 0.506 e. The number of hydrogen-bond donors (Lipinski definition) is 2. The predicted molar refractivity (Wildman–Crippen MR) is 83.1 cm³/mol. The molecule has 0 saturated carbocycles. The zero-order valence-electron chi connectivity index (χ0n) is 12.6. The van der Waals surface area contributed by atoms with Crippen LogP contribution < -0.4 is 5.73 Å². The molecule has 3 N–H and O–H groups in total. The molecule has 106 valence electrons. The fourth-order valence-electron chi connectivity index (χ4n) is 2.52. The van der Waals surface area contributed by atoms with Crippen LogP contribution in [-0.4, -0.2) is 10.1 Å². The molecule has 1 heterocycles. The smallest absolute Gasteiger partial charge is 0.137 e. The zero-order valence-corrected chi connectivity index (χ0v) is 12.6. The van der Waals surface area contributed by atoms with Crippen molar-refractivity contribution >= 4 is 5.69 Å². The van der Waals surface area contributed by atoms with Crippen LogP contribution in [0.2, 0.25) is 0 Å². The Hall–Kier alpha value is -2.03. The summed E-state index contributed by atoms with van der Waals surface area (Å²) in [5, 5.41) is 9.84. The van der Waals surface area contributed by atoms with Gasteiger partial charge in [0.25, 0.3) is 0 Å². The van der Waals surface area contributed by atoms with Crippen molar-refractivity contribution in [1.29, 1.82) is 0 Å². The molecule has 2 rings (SSSR count). The lowest BCUT2D eigenvalue weighted by Gasteiger charge is -2.13. The first-order valence-electron chi connectivity index (χ1n) is 6.93. The Bertz CT molecular complexity index is 610. The van der Waals surface area contributed by atoms with Gasteiger partial charge in [0.15, 0.2) is 0 Å². The Labute approximate surface area is 120 Å². The summed E-state index contributed by atoms with van der Waals surface area (Å²) in [4.78, 5) is 4.59. The molecule has 3 nitrogen and oxygen atoms in total. The maximum absolute atomic E-state index is 9.84. The predicted octanol–water partition coefficient (Wildman–Crippen LogP) is 3.70. The van der Waals surface area contributed by atoms with Gasteiger partial charge in [0, 0.05) is 17.8 Å². The fraction of sp³-hybridized carbons (Fsp3) is 0.353. The summed E-state index contributed by atoms with van der Waals surface area (Å²) in [6.07, 6.45) is 0.762. The Kier molecular flexibility index (Phi) is 3.98. The van der Waals surface area contributed by atoms with Crippen LogP contribution >= 0.6 is 0 Å². The molecule has 0 saturated heterocycles. The van der Waals surface area contributed by atoms with Gasteiger partial charge >= 0.3 is 0 Å². The van der Waals surface area contributed by atoms with Crippen LogP contribution in [0.25, 0.3) is 0 Å². The molecular formula is C17H22N2O. The number of aryl methyl sites for hydroxylation is 2. The first kappa shape index (κ1) is 14.4. The summed E-state index contributed by atoms with van der Waals surface area (Å²) in [6, 6.07) is 7.61. The summed E-state index contributed by atoms with van der Waals surface area (Å²) < 4.78 is 0. The molecule has 0 radical (unpaired) electrons. The van der Waals surface area contributed by atoms with E-state index in [0.29, 0.717) is 0 Å². The van der Waals surface area contributed by atoms with Crippen LogP contribution in [0.3, 0.4) is 0 Å². The Morgan fingerprint density at radius 3 is 2.30 bits per heavy atom. The van der Waals surface area contributed by atoms with Gasteiger partial charge in [0.1, 0.15) is 5.75 Å². The van der Waals surface area contributed by atoms with Crippen LogP contribution in [0.15, 0.2) is 24.3 Å². The maximum Gasteiger partial charge on any atom is 0.137 e. The lowest BCUT2D eigenvalue weighted by Crippen LogP contribution is -2.02. The van der Waals surface area contributed by atoms with Crippen molar-refractivity contribution in [3.05, 3.63) is 52.3 Å². The number of aromatic nitrogens is 1. The second-order valence-corrected chi connectivity index (χ2v) is 5.67. The summed E-state index contributed by atoms with van der Waals surface area (Å²) in [5.41, 5.74) is 12.0. The van der Waals surface area contributed by atoms with Crippen molar-refractivity contribution in [3.63, 3.8) is 0 Å². The van der Waals surface area contributed by atoms with E-state index in [1.165, 1.54) is 16.7 Å². The third-order valence-electron chi connectivity index (χ3n) is 3.58. The van der Waals surface area contributed by atoms with Crippen molar-refractivity contribution in [2.75, 3.05) is 5.73 Å². The highest BCUT2D eigenvalue weighted by Crippen LogP contribution is 2.26. The SMILES string of the molecule is Cc1cc(N)cc(C)c1Cc1ccc(O)c(C(C)C)n1. The Morgan fingerprint density at radius 2 is 1.75 bits per heavy atom. The highest BCUT2D eigenvalue weighted by atomic mass is 16.3. The molecule has 0 bridgehead atoms. The van der Waals surface area contributed by atoms with E-state index in [9.17, 15) is 5.11 Å². The molecule has 2 aromatic rings. The fourth-order valence-corrected chi connectivity index (χ4v) is 2.52. The van der Waals surface area contributed by atoms with E-state index in [2.05, 4.69) is 18.8 Å². The molecule has 0 fully saturated rings. The van der Waals surface area contributed by atoms with Gasteiger partial charge in [0.05, 0.1) is 5.69 Å². The minimum Gasteiger partial charge on any atom is -0.506 e. The quantitative estimate of drug-likeness (QED) is 0.836. The molecule has 0 atom stereocenters. The van der Waals surface area contributed by atoms with Crippen molar-refractivity contribution in [2.45, 2.75) is 40.0 Å². The Morgan fingerprint density at radius 1 is 1.15 bits per heavy atom. The lowest BCUT2D eigenvalue weighted by atomic mass is 9.97. The molecule has 1 aromatic carbocycles. The van der Waals surface area contributed by atoms with E-state index in [1.54, 1.807) is 6.07 Å². The van der Waals surface area contributed by atoms with Crippen molar-refractivity contribution in [1.82, 2.24) is 4.98 Å². The number of pyridine rings is 1.